The molecule has 47 heavy (non-hydrogen) atoms. The van der Waals surface area contributed by atoms with Gasteiger partial charge in [0.25, 0.3) is 0 Å². The molecule has 8 rings (SSSR count). The fraction of sp³-hybridized carbons (Fsp3) is 0.125. The number of pyridine rings is 2. The molecule has 232 valence electrons. The number of benzene rings is 4. The summed E-state index contributed by atoms with van der Waals surface area (Å²) >= 11 is 0. The minimum atomic E-state index is 0. The Hall–Kier alpha value is -5.06. The third-order valence-corrected chi connectivity index (χ3v) is 8.52. The third kappa shape index (κ3) is 5.53. The molecule has 4 aromatic heterocycles. The molecule has 0 aliphatic carbocycles. The zero-order chi connectivity index (χ0) is 31.4. The fourth-order valence-electron chi connectivity index (χ4n) is 6.06. The van der Waals surface area contributed by atoms with Crippen molar-refractivity contribution in [3.05, 3.63) is 133 Å². The summed E-state index contributed by atoms with van der Waals surface area (Å²) in [7, 11) is 2.02. The first-order valence-corrected chi connectivity index (χ1v) is 15.3. The van der Waals surface area contributed by atoms with Gasteiger partial charge in [0.05, 0.1) is 16.9 Å². The molecule has 8 aromatic rings. The van der Waals surface area contributed by atoms with Gasteiger partial charge in [-0.3, -0.25) is 9.97 Å². The zero-order valence-corrected chi connectivity index (χ0v) is 28.7. The quantitative estimate of drug-likeness (QED) is 0.163. The topological polar surface area (TPSA) is 57.8 Å². The molecule has 0 saturated carbocycles. The van der Waals surface area contributed by atoms with Gasteiger partial charge in [-0.25, -0.2) is 4.98 Å². The van der Waals surface area contributed by atoms with E-state index in [4.69, 9.17) is 14.7 Å². The van der Waals surface area contributed by atoms with E-state index in [-0.39, 0.29) is 26.5 Å². The second-order valence-electron chi connectivity index (χ2n) is 12.6. The maximum absolute atomic E-state index is 6.42. The van der Waals surface area contributed by atoms with Crippen LogP contribution in [-0.4, -0.2) is 24.1 Å². The molecule has 0 aliphatic heterocycles. The zero-order valence-electron chi connectivity index (χ0n) is 26.4. The van der Waals surface area contributed by atoms with Crippen molar-refractivity contribution >= 4 is 32.8 Å². The summed E-state index contributed by atoms with van der Waals surface area (Å²) < 4.78 is 10.7. The van der Waals surface area contributed by atoms with Crippen LogP contribution in [0.15, 0.2) is 116 Å². The van der Waals surface area contributed by atoms with Gasteiger partial charge in [0.1, 0.15) is 5.82 Å². The van der Waals surface area contributed by atoms with Crippen molar-refractivity contribution < 1.29 is 25.8 Å². The fourth-order valence-corrected chi connectivity index (χ4v) is 6.06. The van der Waals surface area contributed by atoms with Crippen LogP contribution in [0.2, 0.25) is 0 Å². The van der Waals surface area contributed by atoms with E-state index >= 15 is 0 Å². The van der Waals surface area contributed by atoms with Gasteiger partial charge in [-0.05, 0) is 64.4 Å². The molecule has 0 spiro atoms. The number of rotatable bonds is 5. The average Bonchev–Trinajstić information content (AvgIpc) is 3.59. The van der Waals surface area contributed by atoms with E-state index in [1.807, 2.05) is 67.8 Å². The monoisotopic (exact) mass is 792 g/mol. The normalized spacial score (nSPS) is 11.7. The summed E-state index contributed by atoms with van der Waals surface area (Å²) in [6.45, 7) is 6.72. The Morgan fingerprint density at radius 2 is 1.53 bits per heavy atom. The summed E-state index contributed by atoms with van der Waals surface area (Å²) in [6, 6.07) is 39.9. The molecule has 0 N–H and O–H groups in total. The van der Waals surface area contributed by atoms with Crippen LogP contribution in [0, 0.1) is 12.1 Å². The maximum atomic E-state index is 6.42. The van der Waals surface area contributed by atoms with Gasteiger partial charge >= 0.3 is 21.1 Å². The second kappa shape index (κ2) is 11.9. The molecule has 0 saturated heterocycles. The van der Waals surface area contributed by atoms with E-state index in [0.29, 0.717) is 11.5 Å². The Morgan fingerprint density at radius 1 is 0.723 bits per heavy atom. The number of hydrogen-bond acceptors (Lipinski definition) is 4. The summed E-state index contributed by atoms with van der Waals surface area (Å²) in [5.41, 5.74) is 8.24. The number of ether oxygens (including phenoxy) is 1. The van der Waals surface area contributed by atoms with E-state index < -0.39 is 0 Å². The van der Waals surface area contributed by atoms with Gasteiger partial charge in [-0.1, -0.05) is 56.6 Å². The van der Waals surface area contributed by atoms with Crippen LogP contribution in [0.3, 0.4) is 0 Å². The molecule has 0 atom stereocenters. The number of aromatic nitrogens is 5. The summed E-state index contributed by atoms with van der Waals surface area (Å²) in [5, 5.41) is 2.24. The predicted octanol–water partition coefficient (Wildman–Crippen LogP) is 9.48. The predicted molar refractivity (Wildman–Crippen MR) is 184 cm³/mol. The molecule has 6 nitrogen and oxygen atoms in total. The first-order valence-electron chi connectivity index (χ1n) is 15.3. The van der Waals surface area contributed by atoms with Crippen molar-refractivity contribution in [3.63, 3.8) is 0 Å². The molecule has 0 amide bonds. The molecular formula is C40H31N5OPt. The molecule has 0 unspecified atom stereocenters. The van der Waals surface area contributed by atoms with Crippen molar-refractivity contribution in [2.75, 3.05) is 0 Å². The SMILES string of the molecule is Cn1c(-c2[c-]c(Oc3[c-]c4c(cc3)c3cc(C(C)(C)C)ccc3n4-c3ccc(-c4ccncc4)cn3)ccc2)nc2ccccc21.[Pt+2]. The standard InChI is InChI=1S/C40H31N5O.Pt/c1-40(2,3)29-13-16-35-33(23-29)32-15-14-31(24-37(32)45(35)38-17-12-28(25-42-38)26-18-20-41-21-19-26)46-30-9-7-8-27(22-30)39-43-34-10-5-6-11-36(34)44(39)4;/h5-21,23,25H,1-4H3;/q-2;+2. The van der Waals surface area contributed by atoms with E-state index in [1.54, 1.807) is 12.4 Å². The van der Waals surface area contributed by atoms with E-state index in [2.05, 4.69) is 89.5 Å². The van der Waals surface area contributed by atoms with E-state index in [0.717, 1.165) is 61.2 Å². The van der Waals surface area contributed by atoms with Gasteiger partial charge in [0, 0.05) is 48.2 Å². The second-order valence-corrected chi connectivity index (χ2v) is 12.6. The first kappa shape index (κ1) is 30.6. The number of para-hydroxylation sites is 2. The molecule has 0 radical (unpaired) electrons. The molecule has 0 aliphatic rings. The number of fused-ring (bicyclic) bond motifs is 4. The molecule has 7 heteroatoms. The Bertz CT molecular complexity index is 2390. The molecule has 4 aromatic carbocycles. The van der Waals surface area contributed by atoms with Crippen LogP contribution in [0.4, 0.5) is 0 Å². The third-order valence-electron chi connectivity index (χ3n) is 8.52. The van der Waals surface area contributed by atoms with Crippen LogP contribution in [-0.2, 0) is 33.5 Å². The van der Waals surface area contributed by atoms with Gasteiger partial charge in [0.2, 0.25) is 0 Å². The minimum absolute atomic E-state index is 0. The number of imidazole rings is 1. The smallest absolute Gasteiger partial charge is 0.503 e. The summed E-state index contributed by atoms with van der Waals surface area (Å²) in [6.07, 6.45) is 5.50. The summed E-state index contributed by atoms with van der Waals surface area (Å²) in [4.78, 5) is 13.9. The van der Waals surface area contributed by atoms with Gasteiger partial charge < -0.3 is 13.9 Å². The Morgan fingerprint density at radius 3 is 2.30 bits per heavy atom. The molecule has 0 bridgehead atoms. The van der Waals surface area contributed by atoms with Crippen molar-refractivity contribution in [1.29, 1.82) is 0 Å². The van der Waals surface area contributed by atoms with Crippen molar-refractivity contribution in [2.45, 2.75) is 26.2 Å². The van der Waals surface area contributed by atoms with Gasteiger partial charge in [-0.15, -0.1) is 41.3 Å². The summed E-state index contributed by atoms with van der Waals surface area (Å²) in [5.74, 6) is 2.84. The van der Waals surface area contributed by atoms with Gasteiger partial charge in [-0.2, -0.15) is 6.07 Å². The van der Waals surface area contributed by atoms with Crippen LogP contribution in [0.25, 0.3) is 61.2 Å². The van der Waals surface area contributed by atoms with Crippen LogP contribution < -0.4 is 4.74 Å². The Labute approximate surface area is 288 Å². The maximum Gasteiger partial charge on any atom is 2.00 e. The molecular weight excluding hydrogens is 762 g/mol. The van der Waals surface area contributed by atoms with Gasteiger partial charge in [0.15, 0.2) is 0 Å². The largest absolute Gasteiger partial charge is 2.00 e. The number of aryl methyl sites for hydroxylation is 1. The van der Waals surface area contributed by atoms with Crippen molar-refractivity contribution in [3.8, 4) is 39.8 Å². The van der Waals surface area contributed by atoms with Crippen molar-refractivity contribution in [2.24, 2.45) is 7.05 Å². The minimum Gasteiger partial charge on any atom is -0.503 e. The van der Waals surface area contributed by atoms with E-state index in [1.165, 1.54) is 5.56 Å². The first-order chi connectivity index (χ1) is 22.3. The van der Waals surface area contributed by atoms with E-state index in [9.17, 15) is 0 Å². The van der Waals surface area contributed by atoms with Crippen LogP contribution in [0.5, 0.6) is 11.5 Å². The number of nitrogens with zero attached hydrogens (tertiary/aromatic N) is 5. The Balaban J connectivity index is 0.00000351. The average molecular weight is 793 g/mol. The number of hydrogen-bond donors (Lipinski definition) is 0. The van der Waals surface area contributed by atoms with Crippen LogP contribution >= 0.6 is 0 Å². The van der Waals surface area contributed by atoms with Crippen LogP contribution in [0.1, 0.15) is 26.3 Å². The molecule has 4 heterocycles. The molecule has 0 fully saturated rings. The Kier molecular flexibility index (Phi) is 7.77. The van der Waals surface area contributed by atoms with Crippen molar-refractivity contribution in [1.82, 2.24) is 24.1 Å².